The number of nitrogens with one attached hydrogen (secondary N) is 1. The molecule has 4 nitrogen and oxygen atoms in total. The maximum Gasteiger partial charge on any atom is 0.419 e. The van der Waals surface area contributed by atoms with E-state index in [0.717, 1.165) is 18.8 Å². The summed E-state index contributed by atoms with van der Waals surface area (Å²) in [5, 5.41) is 16.8. The van der Waals surface area contributed by atoms with Gasteiger partial charge in [0.25, 0.3) is 0 Å². The molecule has 20 heavy (non-hydrogen) atoms. The topological polar surface area (TPSA) is 50.1 Å². The molecular weight excluding hydrogens is 271 g/mol. The van der Waals surface area contributed by atoms with E-state index in [2.05, 4.69) is 10.4 Å². The number of alkyl halides is 3. The fourth-order valence-corrected chi connectivity index (χ4v) is 2.94. The zero-order valence-corrected chi connectivity index (χ0v) is 11.6. The third kappa shape index (κ3) is 3.15. The van der Waals surface area contributed by atoms with Gasteiger partial charge in [0.15, 0.2) is 0 Å². The Hall–Kier alpha value is -1.08. The first-order valence-electron chi connectivity index (χ1n) is 6.76. The standard InChI is InChI=1S/C13H20F3N3O/c1-9(2)18-12(8-20)4-3-11(5-12)19-7-10(6-17-19)13(14,15)16/h6-7,9,11,18,20H,3-5,8H2,1-2H3. The van der Waals surface area contributed by atoms with Crippen LogP contribution in [-0.2, 0) is 6.18 Å². The molecule has 1 aromatic rings. The third-order valence-corrected chi connectivity index (χ3v) is 3.78. The Balaban J connectivity index is 2.10. The molecule has 0 aromatic carbocycles. The van der Waals surface area contributed by atoms with Crippen LogP contribution in [0.4, 0.5) is 13.2 Å². The second-order valence-electron chi connectivity index (χ2n) is 5.84. The summed E-state index contributed by atoms with van der Waals surface area (Å²) in [6.07, 6.45) is -0.434. The molecule has 0 radical (unpaired) electrons. The van der Waals surface area contributed by atoms with Crippen molar-refractivity contribution in [2.75, 3.05) is 6.61 Å². The molecule has 1 saturated carbocycles. The first kappa shape index (κ1) is 15.3. The van der Waals surface area contributed by atoms with Gasteiger partial charge < -0.3 is 10.4 Å². The highest BCUT2D eigenvalue weighted by Gasteiger charge is 2.41. The number of halogens is 3. The van der Waals surface area contributed by atoms with Gasteiger partial charge in [-0.25, -0.2) is 0 Å². The molecule has 1 aliphatic rings. The van der Waals surface area contributed by atoms with Gasteiger partial charge in [0.1, 0.15) is 0 Å². The second-order valence-corrected chi connectivity index (χ2v) is 5.84. The van der Waals surface area contributed by atoms with Crippen LogP contribution in [0.3, 0.4) is 0 Å². The SMILES string of the molecule is CC(C)NC1(CO)CCC(n2cc(C(F)(F)F)cn2)C1. The Kier molecular flexibility index (Phi) is 4.11. The van der Waals surface area contributed by atoms with Gasteiger partial charge in [0, 0.05) is 17.8 Å². The van der Waals surface area contributed by atoms with Crippen LogP contribution in [-0.4, -0.2) is 33.1 Å². The van der Waals surface area contributed by atoms with Crippen molar-refractivity contribution in [3.63, 3.8) is 0 Å². The highest BCUT2D eigenvalue weighted by atomic mass is 19.4. The summed E-state index contributed by atoms with van der Waals surface area (Å²) in [5.74, 6) is 0. The van der Waals surface area contributed by atoms with Crippen molar-refractivity contribution in [3.8, 4) is 0 Å². The van der Waals surface area contributed by atoms with Gasteiger partial charge >= 0.3 is 6.18 Å². The molecule has 0 bridgehead atoms. The molecule has 2 N–H and O–H groups in total. The lowest BCUT2D eigenvalue weighted by Gasteiger charge is -2.31. The molecule has 0 amide bonds. The monoisotopic (exact) mass is 291 g/mol. The summed E-state index contributed by atoms with van der Waals surface area (Å²) in [7, 11) is 0. The molecule has 7 heteroatoms. The van der Waals surface area contributed by atoms with Crippen LogP contribution in [0.2, 0.25) is 0 Å². The van der Waals surface area contributed by atoms with Crippen molar-refractivity contribution in [1.29, 1.82) is 0 Å². The molecule has 1 aliphatic carbocycles. The van der Waals surface area contributed by atoms with Crippen molar-refractivity contribution < 1.29 is 18.3 Å². The van der Waals surface area contributed by atoms with E-state index >= 15 is 0 Å². The van der Waals surface area contributed by atoms with Crippen LogP contribution in [0.1, 0.15) is 44.7 Å². The third-order valence-electron chi connectivity index (χ3n) is 3.78. The Bertz CT molecular complexity index is 458. The Morgan fingerprint density at radius 3 is 2.75 bits per heavy atom. The Morgan fingerprint density at radius 1 is 1.55 bits per heavy atom. The average Bonchev–Trinajstić information content (AvgIpc) is 2.93. The molecule has 114 valence electrons. The van der Waals surface area contributed by atoms with Crippen LogP contribution >= 0.6 is 0 Å². The van der Waals surface area contributed by atoms with E-state index in [1.807, 2.05) is 13.8 Å². The zero-order valence-electron chi connectivity index (χ0n) is 11.6. The Labute approximate surface area is 116 Å². The van der Waals surface area contributed by atoms with Crippen molar-refractivity contribution in [2.24, 2.45) is 0 Å². The average molecular weight is 291 g/mol. The van der Waals surface area contributed by atoms with Crippen LogP contribution in [0, 0.1) is 0 Å². The van der Waals surface area contributed by atoms with E-state index in [-0.39, 0.29) is 18.7 Å². The molecule has 1 aromatic heterocycles. The molecule has 0 spiro atoms. The predicted molar refractivity (Wildman–Crippen MR) is 68.2 cm³/mol. The first-order chi connectivity index (χ1) is 9.26. The van der Waals surface area contributed by atoms with Gasteiger partial charge in [-0.2, -0.15) is 18.3 Å². The van der Waals surface area contributed by atoms with Crippen LogP contribution in [0.25, 0.3) is 0 Å². The van der Waals surface area contributed by atoms with E-state index in [0.29, 0.717) is 12.8 Å². The van der Waals surface area contributed by atoms with E-state index < -0.39 is 17.3 Å². The zero-order chi connectivity index (χ0) is 15.0. The molecular formula is C13H20F3N3O. The number of rotatable bonds is 4. The van der Waals surface area contributed by atoms with Gasteiger partial charge in [0.05, 0.1) is 24.4 Å². The van der Waals surface area contributed by atoms with Crippen LogP contribution in [0.5, 0.6) is 0 Å². The Morgan fingerprint density at radius 2 is 2.25 bits per heavy atom. The van der Waals surface area contributed by atoms with Gasteiger partial charge in [-0.05, 0) is 19.3 Å². The number of aromatic nitrogens is 2. The summed E-state index contributed by atoms with van der Waals surface area (Å²) in [4.78, 5) is 0. The van der Waals surface area contributed by atoms with Gasteiger partial charge in [-0.15, -0.1) is 0 Å². The van der Waals surface area contributed by atoms with Gasteiger partial charge in [-0.3, -0.25) is 4.68 Å². The summed E-state index contributed by atoms with van der Waals surface area (Å²) in [6.45, 7) is 3.95. The lowest BCUT2D eigenvalue weighted by Crippen LogP contribution is -2.49. The number of aliphatic hydroxyl groups is 1. The van der Waals surface area contributed by atoms with Gasteiger partial charge in [0.2, 0.25) is 0 Å². The number of aliphatic hydroxyl groups excluding tert-OH is 1. The minimum atomic E-state index is -4.36. The molecule has 2 rings (SSSR count). The molecule has 2 atom stereocenters. The predicted octanol–water partition coefficient (Wildman–Crippen LogP) is 2.36. The number of hydrogen-bond donors (Lipinski definition) is 2. The summed E-state index contributed by atoms with van der Waals surface area (Å²) >= 11 is 0. The lowest BCUT2D eigenvalue weighted by atomic mass is 9.97. The van der Waals surface area contributed by atoms with Crippen molar-refractivity contribution >= 4 is 0 Å². The van der Waals surface area contributed by atoms with Crippen molar-refractivity contribution in [2.45, 2.75) is 56.9 Å². The van der Waals surface area contributed by atoms with Crippen LogP contribution < -0.4 is 5.32 Å². The molecule has 1 fully saturated rings. The van der Waals surface area contributed by atoms with Crippen molar-refractivity contribution in [3.05, 3.63) is 18.0 Å². The highest BCUT2D eigenvalue weighted by Crippen LogP contribution is 2.38. The van der Waals surface area contributed by atoms with E-state index in [1.54, 1.807) is 0 Å². The fourth-order valence-electron chi connectivity index (χ4n) is 2.94. The quantitative estimate of drug-likeness (QED) is 0.895. The molecule has 0 saturated heterocycles. The van der Waals surface area contributed by atoms with Crippen LogP contribution in [0.15, 0.2) is 12.4 Å². The largest absolute Gasteiger partial charge is 0.419 e. The van der Waals surface area contributed by atoms with E-state index in [9.17, 15) is 18.3 Å². The normalized spacial score (nSPS) is 27.4. The first-order valence-corrected chi connectivity index (χ1v) is 6.76. The fraction of sp³-hybridized carbons (Fsp3) is 0.769. The summed E-state index contributed by atoms with van der Waals surface area (Å²) in [6, 6.07) is 0.105. The van der Waals surface area contributed by atoms with Crippen molar-refractivity contribution in [1.82, 2.24) is 15.1 Å². The molecule has 1 heterocycles. The second kappa shape index (κ2) is 5.37. The maximum absolute atomic E-state index is 12.6. The van der Waals surface area contributed by atoms with Gasteiger partial charge in [-0.1, -0.05) is 13.8 Å². The minimum absolute atomic E-state index is 0.0188. The number of hydrogen-bond acceptors (Lipinski definition) is 3. The minimum Gasteiger partial charge on any atom is -0.394 e. The summed E-state index contributed by atoms with van der Waals surface area (Å²) in [5.41, 5.74) is -1.14. The summed E-state index contributed by atoms with van der Waals surface area (Å²) < 4.78 is 39.1. The lowest BCUT2D eigenvalue weighted by molar-refractivity contribution is -0.137. The van der Waals surface area contributed by atoms with E-state index in [4.69, 9.17) is 0 Å². The smallest absolute Gasteiger partial charge is 0.394 e. The van der Waals surface area contributed by atoms with E-state index in [1.165, 1.54) is 4.68 Å². The molecule has 0 aliphatic heterocycles. The highest BCUT2D eigenvalue weighted by molar-refractivity contribution is 5.10. The molecule has 2 unspecified atom stereocenters. The maximum atomic E-state index is 12.6. The number of nitrogens with zero attached hydrogens (tertiary/aromatic N) is 2.